The fraction of sp³-hybridized carbons (Fsp3) is 0.269. The second-order valence-electron chi connectivity index (χ2n) is 8.03. The van der Waals surface area contributed by atoms with Crippen molar-refractivity contribution in [3.63, 3.8) is 0 Å². The number of phenols is 3. The van der Waals surface area contributed by atoms with E-state index in [0.717, 1.165) is 18.9 Å². The molecule has 1 heterocycles. The van der Waals surface area contributed by atoms with E-state index in [2.05, 4.69) is 19.9 Å². The van der Waals surface area contributed by atoms with Crippen LogP contribution in [0.3, 0.4) is 0 Å². The highest BCUT2D eigenvalue weighted by molar-refractivity contribution is 5.89. The van der Waals surface area contributed by atoms with Gasteiger partial charge in [-0.25, -0.2) is 0 Å². The molecule has 0 radical (unpaired) electrons. The van der Waals surface area contributed by atoms with Crippen LogP contribution in [0.25, 0.3) is 22.1 Å². The Kier molecular flexibility index (Phi) is 6.93. The summed E-state index contributed by atoms with van der Waals surface area (Å²) in [4.78, 5) is 13.1. The molecular formula is C26H28O6. The molecule has 0 saturated carbocycles. The first-order valence-electron chi connectivity index (χ1n) is 10.4. The predicted octanol–water partition coefficient (Wildman–Crippen LogP) is 5.82. The molecule has 0 fully saturated rings. The van der Waals surface area contributed by atoms with Crippen LogP contribution >= 0.6 is 0 Å². The maximum absolute atomic E-state index is 13.1. The van der Waals surface area contributed by atoms with Crippen molar-refractivity contribution in [1.29, 1.82) is 0 Å². The average molecular weight is 437 g/mol. The summed E-state index contributed by atoms with van der Waals surface area (Å²) in [6, 6.07) is 5.60. The topological polar surface area (TPSA) is 100 Å². The lowest BCUT2D eigenvalue weighted by Gasteiger charge is -2.14. The van der Waals surface area contributed by atoms with Crippen molar-refractivity contribution in [1.82, 2.24) is 0 Å². The number of rotatable bonds is 7. The molecule has 1 aromatic heterocycles. The summed E-state index contributed by atoms with van der Waals surface area (Å²) >= 11 is 0. The van der Waals surface area contributed by atoms with Gasteiger partial charge in [-0.3, -0.25) is 4.79 Å². The van der Waals surface area contributed by atoms with Gasteiger partial charge in [0.15, 0.2) is 0 Å². The smallest absolute Gasteiger partial charge is 0.204 e. The Morgan fingerprint density at radius 3 is 2.50 bits per heavy atom. The van der Waals surface area contributed by atoms with E-state index in [1.807, 2.05) is 13.0 Å². The van der Waals surface area contributed by atoms with Crippen LogP contribution in [-0.2, 0) is 6.42 Å². The third-order valence-corrected chi connectivity index (χ3v) is 5.34. The molecule has 0 atom stereocenters. The van der Waals surface area contributed by atoms with Crippen LogP contribution in [0.2, 0.25) is 0 Å². The van der Waals surface area contributed by atoms with Crippen LogP contribution in [0.4, 0.5) is 0 Å². The summed E-state index contributed by atoms with van der Waals surface area (Å²) in [5.41, 5.74) is 2.94. The minimum absolute atomic E-state index is 0.0550. The standard InChI is InChI=1S/C26H28O6/c1-15(2)6-5-7-16(3)8-9-19-22(31-4)11-10-18(25(19)29)20-14-32-23-13-17(27)12-21(28)24(23)26(20)30/h6,8,10-14,27-29H,5,7,9H2,1-4H3. The molecule has 168 valence electrons. The minimum atomic E-state index is -0.511. The lowest BCUT2D eigenvalue weighted by atomic mass is 9.98. The third kappa shape index (κ3) is 4.80. The molecule has 3 N–H and O–H groups in total. The van der Waals surface area contributed by atoms with Crippen molar-refractivity contribution in [2.75, 3.05) is 7.11 Å². The summed E-state index contributed by atoms with van der Waals surface area (Å²) in [7, 11) is 1.53. The Balaban J connectivity index is 2.04. The van der Waals surface area contributed by atoms with Crippen LogP contribution in [0, 0.1) is 0 Å². The molecule has 0 bridgehead atoms. The lowest BCUT2D eigenvalue weighted by molar-refractivity contribution is 0.401. The summed E-state index contributed by atoms with van der Waals surface area (Å²) in [6.07, 6.45) is 7.73. The van der Waals surface area contributed by atoms with E-state index in [1.165, 1.54) is 30.6 Å². The normalized spacial score (nSPS) is 11.6. The van der Waals surface area contributed by atoms with Gasteiger partial charge < -0.3 is 24.5 Å². The molecular weight excluding hydrogens is 408 g/mol. The first-order chi connectivity index (χ1) is 15.2. The van der Waals surface area contributed by atoms with Crippen molar-refractivity contribution < 1.29 is 24.5 Å². The van der Waals surface area contributed by atoms with Gasteiger partial charge in [0.25, 0.3) is 0 Å². The van der Waals surface area contributed by atoms with Crippen LogP contribution in [0.1, 0.15) is 39.2 Å². The van der Waals surface area contributed by atoms with Gasteiger partial charge in [-0.1, -0.05) is 23.3 Å². The Labute approximate surface area is 186 Å². The Morgan fingerprint density at radius 2 is 1.81 bits per heavy atom. The molecule has 0 spiro atoms. The molecule has 0 unspecified atom stereocenters. The zero-order chi connectivity index (χ0) is 23.4. The number of benzene rings is 2. The number of phenolic OH excluding ortho intramolecular Hbond substituents is 3. The quantitative estimate of drug-likeness (QED) is 0.404. The number of hydrogen-bond donors (Lipinski definition) is 3. The predicted molar refractivity (Wildman–Crippen MR) is 126 cm³/mol. The van der Waals surface area contributed by atoms with E-state index < -0.39 is 11.2 Å². The van der Waals surface area contributed by atoms with Gasteiger partial charge >= 0.3 is 0 Å². The molecule has 0 aliphatic heterocycles. The van der Waals surface area contributed by atoms with Gasteiger partial charge in [-0.05, 0) is 52.2 Å². The zero-order valence-corrected chi connectivity index (χ0v) is 18.7. The molecule has 0 aliphatic rings. The molecule has 6 nitrogen and oxygen atoms in total. The highest BCUT2D eigenvalue weighted by Crippen LogP contribution is 2.38. The molecule has 6 heteroatoms. The Hall–Kier alpha value is -3.67. The fourth-order valence-corrected chi connectivity index (χ4v) is 3.59. The monoisotopic (exact) mass is 436 g/mol. The van der Waals surface area contributed by atoms with E-state index in [1.54, 1.807) is 12.1 Å². The number of ether oxygens (including phenoxy) is 1. The molecule has 3 aromatic rings. The van der Waals surface area contributed by atoms with Gasteiger partial charge in [-0.15, -0.1) is 0 Å². The number of aromatic hydroxyl groups is 3. The maximum Gasteiger partial charge on any atom is 0.204 e. The van der Waals surface area contributed by atoms with E-state index in [4.69, 9.17) is 9.15 Å². The van der Waals surface area contributed by atoms with Crippen molar-refractivity contribution in [3.8, 4) is 34.1 Å². The van der Waals surface area contributed by atoms with Crippen LogP contribution in [-0.4, -0.2) is 22.4 Å². The number of hydrogen-bond acceptors (Lipinski definition) is 6. The van der Waals surface area contributed by atoms with E-state index in [-0.39, 0.29) is 33.6 Å². The van der Waals surface area contributed by atoms with Gasteiger partial charge in [0.2, 0.25) is 5.43 Å². The maximum atomic E-state index is 13.1. The Bertz CT molecular complexity index is 1260. The molecule has 2 aromatic carbocycles. The fourth-order valence-electron chi connectivity index (χ4n) is 3.59. The second kappa shape index (κ2) is 9.64. The van der Waals surface area contributed by atoms with Crippen molar-refractivity contribution in [2.24, 2.45) is 0 Å². The summed E-state index contributed by atoms with van der Waals surface area (Å²) in [5.74, 6) is -0.175. The van der Waals surface area contributed by atoms with Crippen LogP contribution in [0.5, 0.6) is 23.0 Å². The highest BCUT2D eigenvalue weighted by Gasteiger charge is 2.19. The van der Waals surface area contributed by atoms with Gasteiger partial charge in [0.05, 0.1) is 12.7 Å². The largest absolute Gasteiger partial charge is 0.508 e. The molecule has 32 heavy (non-hydrogen) atoms. The van der Waals surface area contributed by atoms with Crippen molar-refractivity contribution in [3.05, 3.63) is 69.6 Å². The Morgan fingerprint density at radius 1 is 1.06 bits per heavy atom. The number of allylic oxidation sites excluding steroid dienone is 4. The zero-order valence-electron chi connectivity index (χ0n) is 18.7. The molecule has 3 rings (SSSR count). The molecule has 0 aliphatic carbocycles. The first-order valence-corrected chi connectivity index (χ1v) is 10.4. The minimum Gasteiger partial charge on any atom is -0.508 e. The van der Waals surface area contributed by atoms with Crippen LogP contribution in [0.15, 0.2) is 63.0 Å². The number of fused-ring (bicyclic) bond motifs is 1. The van der Waals surface area contributed by atoms with E-state index in [0.29, 0.717) is 17.7 Å². The van der Waals surface area contributed by atoms with Crippen LogP contribution < -0.4 is 10.2 Å². The van der Waals surface area contributed by atoms with E-state index in [9.17, 15) is 20.1 Å². The first kappa shape index (κ1) is 23.0. The van der Waals surface area contributed by atoms with Gasteiger partial charge in [0.1, 0.15) is 40.2 Å². The number of methoxy groups -OCH3 is 1. The molecule has 0 saturated heterocycles. The average Bonchev–Trinajstić information content (AvgIpc) is 2.72. The highest BCUT2D eigenvalue weighted by atomic mass is 16.5. The van der Waals surface area contributed by atoms with Crippen molar-refractivity contribution in [2.45, 2.75) is 40.0 Å². The summed E-state index contributed by atoms with van der Waals surface area (Å²) in [5, 5.41) is 30.7. The summed E-state index contributed by atoms with van der Waals surface area (Å²) < 4.78 is 10.9. The van der Waals surface area contributed by atoms with Gasteiger partial charge in [-0.2, -0.15) is 0 Å². The third-order valence-electron chi connectivity index (χ3n) is 5.34. The van der Waals surface area contributed by atoms with Gasteiger partial charge in [0, 0.05) is 23.3 Å². The second-order valence-corrected chi connectivity index (χ2v) is 8.03. The summed E-state index contributed by atoms with van der Waals surface area (Å²) in [6.45, 7) is 6.18. The van der Waals surface area contributed by atoms with Crippen molar-refractivity contribution >= 4 is 11.0 Å². The molecule has 0 amide bonds. The van der Waals surface area contributed by atoms with E-state index >= 15 is 0 Å². The SMILES string of the molecule is COc1ccc(-c2coc3cc(O)cc(O)c3c2=O)c(O)c1CC=C(C)CCC=C(C)C. The lowest BCUT2D eigenvalue weighted by Crippen LogP contribution is -2.06.